The van der Waals surface area contributed by atoms with Gasteiger partial charge in [-0.3, -0.25) is 4.79 Å². The summed E-state index contributed by atoms with van der Waals surface area (Å²) in [4.78, 5) is 24.8. The molecule has 0 spiro atoms. The Bertz CT molecular complexity index is 343. The van der Waals surface area contributed by atoms with Crippen LogP contribution in [0.2, 0.25) is 0 Å². The zero-order chi connectivity index (χ0) is 13.8. The number of piperidine rings is 1. The van der Waals surface area contributed by atoms with E-state index in [2.05, 4.69) is 11.6 Å². The summed E-state index contributed by atoms with van der Waals surface area (Å²) in [5, 5.41) is 12.6. The highest BCUT2D eigenvalue weighted by atomic mass is 32.2. The van der Waals surface area contributed by atoms with E-state index >= 15 is 0 Å². The largest absolute Gasteiger partial charge is 0.481 e. The van der Waals surface area contributed by atoms with Gasteiger partial charge in [0.2, 0.25) is 0 Å². The number of likely N-dealkylation sites (tertiary alicyclic amines) is 1. The number of amides is 2. The molecule has 0 aromatic rings. The van der Waals surface area contributed by atoms with Gasteiger partial charge < -0.3 is 15.3 Å². The van der Waals surface area contributed by atoms with Crippen LogP contribution >= 0.6 is 11.8 Å². The second kappa shape index (κ2) is 6.50. The van der Waals surface area contributed by atoms with Gasteiger partial charge in [0.15, 0.2) is 0 Å². The second-order valence-corrected chi connectivity index (χ2v) is 6.55. The van der Waals surface area contributed by atoms with Crippen LogP contribution < -0.4 is 5.32 Å². The number of urea groups is 1. The molecule has 0 radical (unpaired) electrons. The van der Waals surface area contributed by atoms with Gasteiger partial charge in [-0.1, -0.05) is 0 Å². The third kappa shape index (κ3) is 3.78. The van der Waals surface area contributed by atoms with Crippen LogP contribution in [0, 0.1) is 5.92 Å². The molecule has 1 saturated carbocycles. The van der Waals surface area contributed by atoms with Crippen LogP contribution in [-0.4, -0.2) is 52.6 Å². The zero-order valence-electron chi connectivity index (χ0n) is 11.3. The number of hydrogen-bond acceptors (Lipinski definition) is 3. The topological polar surface area (TPSA) is 69.6 Å². The number of nitrogens with zero attached hydrogens (tertiary/aromatic N) is 1. The van der Waals surface area contributed by atoms with Crippen molar-refractivity contribution in [2.45, 2.75) is 43.4 Å². The molecule has 2 fully saturated rings. The highest BCUT2D eigenvalue weighted by Gasteiger charge is 2.32. The van der Waals surface area contributed by atoms with Crippen LogP contribution in [0.15, 0.2) is 0 Å². The number of rotatable bonds is 3. The van der Waals surface area contributed by atoms with E-state index in [-0.39, 0.29) is 18.0 Å². The summed E-state index contributed by atoms with van der Waals surface area (Å²) < 4.78 is 0. The Balaban J connectivity index is 1.75. The van der Waals surface area contributed by atoms with Crippen molar-refractivity contribution in [3.63, 3.8) is 0 Å². The van der Waals surface area contributed by atoms with Gasteiger partial charge in [-0.25, -0.2) is 4.79 Å². The van der Waals surface area contributed by atoms with Gasteiger partial charge in [-0.05, 0) is 38.4 Å². The molecular formula is C13H22N2O3S. The summed E-state index contributed by atoms with van der Waals surface area (Å²) in [7, 11) is 0. The maximum Gasteiger partial charge on any atom is 0.317 e. The minimum Gasteiger partial charge on any atom is -0.481 e. The van der Waals surface area contributed by atoms with E-state index in [1.807, 2.05) is 16.7 Å². The Kier molecular flexibility index (Phi) is 4.96. The average molecular weight is 286 g/mol. The Labute approximate surface area is 118 Å². The summed E-state index contributed by atoms with van der Waals surface area (Å²) in [6, 6.07) is 0.0162. The molecule has 0 aromatic carbocycles. The van der Waals surface area contributed by atoms with Crippen molar-refractivity contribution in [1.82, 2.24) is 10.2 Å². The predicted molar refractivity (Wildman–Crippen MR) is 75.4 cm³/mol. The van der Waals surface area contributed by atoms with Crippen LogP contribution in [0.3, 0.4) is 0 Å². The highest BCUT2D eigenvalue weighted by Crippen LogP contribution is 2.26. The molecule has 2 atom stereocenters. The van der Waals surface area contributed by atoms with Crippen molar-refractivity contribution >= 4 is 23.8 Å². The van der Waals surface area contributed by atoms with Gasteiger partial charge in [-0.2, -0.15) is 11.8 Å². The SMILES string of the molecule is CSC1CCN(C(=O)NC2CCC(C(=O)O)C2)CC1. The third-order valence-corrected chi connectivity index (χ3v) is 5.31. The molecule has 2 rings (SSSR count). The molecular weight excluding hydrogens is 264 g/mol. The predicted octanol–water partition coefficient (Wildman–Crippen LogP) is 1.78. The number of carbonyl (C=O) groups excluding carboxylic acids is 1. The van der Waals surface area contributed by atoms with Gasteiger partial charge in [0.05, 0.1) is 5.92 Å². The summed E-state index contributed by atoms with van der Waals surface area (Å²) in [6.07, 6.45) is 6.25. The molecule has 1 saturated heterocycles. The number of carboxylic acids is 1. The molecule has 2 amide bonds. The summed E-state index contributed by atoms with van der Waals surface area (Å²) in [5.41, 5.74) is 0. The fraction of sp³-hybridized carbons (Fsp3) is 0.846. The van der Waals surface area contributed by atoms with Gasteiger partial charge in [0, 0.05) is 24.4 Å². The molecule has 0 bridgehead atoms. The first kappa shape index (κ1) is 14.5. The van der Waals surface area contributed by atoms with Crippen LogP contribution in [0.1, 0.15) is 32.1 Å². The lowest BCUT2D eigenvalue weighted by Gasteiger charge is -2.32. The van der Waals surface area contributed by atoms with Crippen LogP contribution in [0.5, 0.6) is 0 Å². The molecule has 1 aliphatic carbocycles. The van der Waals surface area contributed by atoms with Crippen molar-refractivity contribution in [1.29, 1.82) is 0 Å². The Hall–Kier alpha value is -0.910. The highest BCUT2D eigenvalue weighted by molar-refractivity contribution is 7.99. The normalized spacial score (nSPS) is 28.4. The number of aliphatic carboxylic acids is 1. The van der Waals surface area contributed by atoms with Gasteiger partial charge in [-0.15, -0.1) is 0 Å². The lowest BCUT2D eigenvalue weighted by atomic mass is 10.1. The Morgan fingerprint density at radius 2 is 1.89 bits per heavy atom. The van der Waals surface area contributed by atoms with Crippen molar-refractivity contribution in [2.24, 2.45) is 5.92 Å². The lowest BCUT2D eigenvalue weighted by molar-refractivity contribution is -0.141. The monoisotopic (exact) mass is 286 g/mol. The number of nitrogens with one attached hydrogen (secondary N) is 1. The first-order chi connectivity index (χ1) is 9.10. The van der Waals surface area contributed by atoms with Gasteiger partial charge >= 0.3 is 12.0 Å². The first-order valence-electron chi connectivity index (χ1n) is 6.91. The van der Waals surface area contributed by atoms with E-state index in [0.29, 0.717) is 18.1 Å². The van der Waals surface area contributed by atoms with E-state index in [1.54, 1.807) is 0 Å². The van der Waals surface area contributed by atoms with E-state index in [9.17, 15) is 9.59 Å². The maximum absolute atomic E-state index is 12.1. The van der Waals surface area contributed by atoms with Crippen molar-refractivity contribution in [3.8, 4) is 0 Å². The fourth-order valence-corrected chi connectivity index (χ4v) is 3.58. The zero-order valence-corrected chi connectivity index (χ0v) is 12.1. The summed E-state index contributed by atoms with van der Waals surface area (Å²) in [6.45, 7) is 1.62. The average Bonchev–Trinajstić information content (AvgIpc) is 2.87. The standard InChI is InChI=1S/C13H22N2O3S/c1-19-11-4-6-15(7-5-11)13(18)14-10-3-2-9(8-10)12(16)17/h9-11H,2-8H2,1H3,(H,14,18)(H,16,17). The molecule has 1 aliphatic heterocycles. The van der Waals surface area contributed by atoms with Gasteiger partial charge in [0.1, 0.15) is 0 Å². The second-order valence-electron chi connectivity index (χ2n) is 5.42. The molecule has 2 N–H and O–H groups in total. The van der Waals surface area contributed by atoms with Crippen molar-refractivity contribution in [3.05, 3.63) is 0 Å². The fourth-order valence-electron chi connectivity index (χ4n) is 2.90. The molecule has 6 heteroatoms. The molecule has 2 aliphatic rings. The third-order valence-electron chi connectivity index (χ3n) is 4.17. The van der Waals surface area contributed by atoms with E-state index < -0.39 is 5.97 Å². The lowest BCUT2D eigenvalue weighted by Crippen LogP contribution is -2.47. The molecule has 108 valence electrons. The maximum atomic E-state index is 12.1. The summed E-state index contributed by atoms with van der Waals surface area (Å²) in [5.74, 6) is -1.02. The van der Waals surface area contributed by atoms with Crippen LogP contribution in [0.4, 0.5) is 4.79 Å². The van der Waals surface area contributed by atoms with Crippen LogP contribution in [-0.2, 0) is 4.79 Å². The van der Waals surface area contributed by atoms with E-state index in [0.717, 1.165) is 32.4 Å². The molecule has 2 unspecified atom stereocenters. The number of thioether (sulfide) groups is 1. The Morgan fingerprint density at radius 1 is 1.21 bits per heavy atom. The quantitative estimate of drug-likeness (QED) is 0.829. The molecule has 19 heavy (non-hydrogen) atoms. The Morgan fingerprint density at radius 3 is 2.42 bits per heavy atom. The van der Waals surface area contributed by atoms with Gasteiger partial charge in [0.25, 0.3) is 0 Å². The minimum absolute atomic E-state index is 0.0180. The van der Waals surface area contributed by atoms with Crippen molar-refractivity contribution < 1.29 is 14.7 Å². The molecule has 5 nitrogen and oxygen atoms in total. The number of carbonyl (C=O) groups is 2. The summed E-state index contributed by atoms with van der Waals surface area (Å²) >= 11 is 1.87. The minimum atomic E-state index is -0.738. The van der Waals surface area contributed by atoms with E-state index in [4.69, 9.17) is 5.11 Å². The van der Waals surface area contributed by atoms with Crippen LogP contribution in [0.25, 0.3) is 0 Å². The molecule has 1 heterocycles. The smallest absolute Gasteiger partial charge is 0.317 e. The van der Waals surface area contributed by atoms with Crippen molar-refractivity contribution in [2.75, 3.05) is 19.3 Å². The number of carboxylic acid groups (broad SMARTS) is 1. The van der Waals surface area contributed by atoms with E-state index in [1.165, 1.54) is 0 Å². The number of hydrogen-bond donors (Lipinski definition) is 2. The first-order valence-corrected chi connectivity index (χ1v) is 8.20. The molecule has 0 aromatic heterocycles.